The molecular formula is C17H19BrN4O. The highest BCUT2D eigenvalue weighted by molar-refractivity contribution is 9.10. The predicted molar refractivity (Wildman–Crippen MR) is 94.9 cm³/mol. The highest BCUT2D eigenvalue weighted by Gasteiger charge is 2.14. The minimum absolute atomic E-state index is 0.197. The Hall–Kier alpha value is -1.95. The first-order valence-corrected chi connectivity index (χ1v) is 8.57. The highest BCUT2D eigenvalue weighted by Crippen LogP contribution is 2.20. The highest BCUT2D eigenvalue weighted by atomic mass is 79.9. The molecule has 1 saturated heterocycles. The van der Waals surface area contributed by atoms with E-state index in [1.54, 1.807) is 12.4 Å². The molecule has 120 valence electrons. The van der Waals surface area contributed by atoms with Crippen LogP contribution in [0.5, 0.6) is 0 Å². The van der Waals surface area contributed by atoms with E-state index in [1.807, 2.05) is 25.1 Å². The summed E-state index contributed by atoms with van der Waals surface area (Å²) in [6, 6.07) is 5.70. The molecule has 2 aromatic rings. The van der Waals surface area contributed by atoms with E-state index in [0.29, 0.717) is 11.5 Å². The fourth-order valence-corrected chi connectivity index (χ4v) is 2.87. The SMILES string of the molecule is Cc1cc(NC(=O)c2cnc(N3CCCCC3)nc2)ccc1Br. The third-order valence-corrected chi connectivity index (χ3v) is 4.84. The minimum atomic E-state index is -0.197. The van der Waals surface area contributed by atoms with E-state index in [0.717, 1.165) is 28.8 Å². The van der Waals surface area contributed by atoms with Crippen molar-refractivity contribution < 1.29 is 4.79 Å². The molecule has 1 aliphatic heterocycles. The van der Waals surface area contributed by atoms with Crippen LogP contribution in [0, 0.1) is 6.92 Å². The summed E-state index contributed by atoms with van der Waals surface area (Å²) in [5, 5.41) is 2.87. The Morgan fingerprint density at radius 1 is 1.17 bits per heavy atom. The van der Waals surface area contributed by atoms with Gasteiger partial charge in [-0.25, -0.2) is 9.97 Å². The molecule has 0 unspecified atom stereocenters. The zero-order valence-corrected chi connectivity index (χ0v) is 14.6. The molecule has 0 saturated carbocycles. The monoisotopic (exact) mass is 374 g/mol. The van der Waals surface area contributed by atoms with Gasteiger partial charge in [-0.3, -0.25) is 4.79 Å². The number of carbonyl (C=O) groups excluding carboxylic acids is 1. The summed E-state index contributed by atoms with van der Waals surface area (Å²) in [4.78, 5) is 23.1. The van der Waals surface area contributed by atoms with Crippen LogP contribution in [0.25, 0.3) is 0 Å². The van der Waals surface area contributed by atoms with Crippen LogP contribution < -0.4 is 10.2 Å². The van der Waals surface area contributed by atoms with E-state index in [-0.39, 0.29) is 5.91 Å². The second-order valence-corrected chi connectivity index (χ2v) is 6.59. The molecular weight excluding hydrogens is 356 g/mol. The Bertz CT molecular complexity index is 696. The molecule has 1 amide bonds. The number of amides is 1. The summed E-state index contributed by atoms with van der Waals surface area (Å²) >= 11 is 3.45. The first-order valence-electron chi connectivity index (χ1n) is 7.78. The smallest absolute Gasteiger partial charge is 0.258 e. The van der Waals surface area contributed by atoms with Crippen molar-refractivity contribution >= 4 is 33.5 Å². The van der Waals surface area contributed by atoms with Gasteiger partial charge in [0.05, 0.1) is 5.56 Å². The number of carbonyl (C=O) groups is 1. The maximum absolute atomic E-state index is 12.3. The Labute approximate surface area is 144 Å². The van der Waals surface area contributed by atoms with Gasteiger partial charge in [-0.2, -0.15) is 0 Å². The Kier molecular flexibility index (Phi) is 4.91. The second-order valence-electron chi connectivity index (χ2n) is 5.74. The molecule has 6 heteroatoms. The van der Waals surface area contributed by atoms with Crippen molar-refractivity contribution in [2.45, 2.75) is 26.2 Å². The molecule has 0 radical (unpaired) electrons. The Morgan fingerprint density at radius 2 is 1.87 bits per heavy atom. The van der Waals surface area contributed by atoms with Crippen LogP contribution in [0.3, 0.4) is 0 Å². The number of nitrogens with zero attached hydrogens (tertiary/aromatic N) is 3. The van der Waals surface area contributed by atoms with Crippen LogP contribution in [-0.2, 0) is 0 Å². The third-order valence-electron chi connectivity index (χ3n) is 3.96. The van der Waals surface area contributed by atoms with Gasteiger partial charge in [0.2, 0.25) is 5.95 Å². The number of piperidine rings is 1. The zero-order valence-electron chi connectivity index (χ0n) is 13.1. The van der Waals surface area contributed by atoms with Crippen LogP contribution in [0.15, 0.2) is 35.1 Å². The van der Waals surface area contributed by atoms with Gasteiger partial charge in [0, 0.05) is 35.6 Å². The quantitative estimate of drug-likeness (QED) is 0.887. The van der Waals surface area contributed by atoms with Crippen LogP contribution in [0.4, 0.5) is 11.6 Å². The third kappa shape index (κ3) is 3.88. The fraction of sp³-hybridized carbons (Fsp3) is 0.353. The summed E-state index contributed by atoms with van der Waals surface area (Å²) in [7, 11) is 0. The van der Waals surface area contributed by atoms with E-state index in [9.17, 15) is 4.79 Å². The minimum Gasteiger partial charge on any atom is -0.341 e. The zero-order chi connectivity index (χ0) is 16.2. The number of aryl methyl sites for hydroxylation is 1. The maximum atomic E-state index is 12.3. The number of hydrogen-bond donors (Lipinski definition) is 1. The lowest BCUT2D eigenvalue weighted by molar-refractivity contribution is 0.102. The summed E-state index contributed by atoms with van der Waals surface area (Å²) < 4.78 is 1.02. The lowest BCUT2D eigenvalue weighted by atomic mass is 10.1. The molecule has 0 aliphatic carbocycles. The molecule has 1 N–H and O–H groups in total. The number of anilines is 2. The van der Waals surface area contributed by atoms with Gasteiger partial charge in [-0.15, -0.1) is 0 Å². The van der Waals surface area contributed by atoms with Crippen LogP contribution in [-0.4, -0.2) is 29.0 Å². The lowest BCUT2D eigenvalue weighted by Crippen LogP contribution is -2.31. The molecule has 5 nitrogen and oxygen atoms in total. The van der Waals surface area contributed by atoms with Gasteiger partial charge in [0.1, 0.15) is 0 Å². The summed E-state index contributed by atoms with van der Waals surface area (Å²) in [6.07, 6.45) is 6.81. The van der Waals surface area contributed by atoms with Gasteiger partial charge in [0.25, 0.3) is 5.91 Å². The summed E-state index contributed by atoms with van der Waals surface area (Å²) in [5.41, 5.74) is 2.29. The number of nitrogens with one attached hydrogen (secondary N) is 1. The molecule has 3 rings (SSSR count). The molecule has 0 atom stereocenters. The van der Waals surface area contributed by atoms with Crippen molar-refractivity contribution in [2.75, 3.05) is 23.3 Å². The van der Waals surface area contributed by atoms with E-state index in [4.69, 9.17) is 0 Å². The Balaban J connectivity index is 1.68. The first-order chi connectivity index (χ1) is 11.1. The van der Waals surface area contributed by atoms with Gasteiger partial charge in [0.15, 0.2) is 0 Å². The van der Waals surface area contributed by atoms with E-state index in [1.165, 1.54) is 19.3 Å². The number of benzene rings is 1. The van der Waals surface area contributed by atoms with Gasteiger partial charge in [-0.05, 0) is 49.9 Å². The van der Waals surface area contributed by atoms with Crippen molar-refractivity contribution in [2.24, 2.45) is 0 Å². The van der Waals surface area contributed by atoms with Crippen molar-refractivity contribution in [3.8, 4) is 0 Å². The molecule has 0 spiro atoms. The topological polar surface area (TPSA) is 58.1 Å². The average molecular weight is 375 g/mol. The maximum Gasteiger partial charge on any atom is 0.258 e. The molecule has 23 heavy (non-hydrogen) atoms. The van der Waals surface area contributed by atoms with E-state index < -0.39 is 0 Å². The molecule has 1 aromatic carbocycles. The summed E-state index contributed by atoms with van der Waals surface area (Å²) in [6.45, 7) is 3.96. The normalized spacial score (nSPS) is 14.6. The van der Waals surface area contributed by atoms with Gasteiger partial charge >= 0.3 is 0 Å². The number of halogens is 1. The van der Waals surface area contributed by atoms with Crippen molar-refractivity contribution in [1.82, 2.24) is 9.97 Å². The van der Waals surface area contributed by atoms with E-state index >= 15 is 0 Å². The fourth-order valence-electron chi connectivity index (χ4n) is 2.62. The van der Waals surface area contributed by atoms with Gasteiger partial charge < -0.3 is 10.2 Å². The number of hydrogen-bond acceptors (Lipinski definition) is 4. The molecule has 1 aliphatic rings. The number of rotatable bonds is 3. The predicted octanol–water partition coefficient (Wildman–Crippen LogP) is 3.79. The number of aromatic nitrogens is 2. The van der Waals surface area contributed by atoms with Crippen molar-refractivity contribution in [1.29, 1.82) is 0 Å². The first kappa shape index (κ1) is 15.9. The second kappa shape index (κ2) is 7.08. The van der Waals surface area contributed by atoms with Crippen molar-refractivity contribution in [3.63, 3.8) is 0 Å². The van der Waals surface area contributed by atoms with Crippen LogP contribution in [0.2, 0.25) is 0 Å². The van der Waals surface area contributed by atoms with Crippen molar-refractivity contribution in [3.05, 3.63) is 46.2 Å². The largest absolute Gasteiger partial charge is 0.341 e. The standard InChI is InChI=1S/C17H19BrN4O/c1-12-9-14(5-6-15(12)18)21-16(23)13-10-19-17(20-11-13)22-7-3-2-4-8-22/h5-6,9-11H,2-4,7-8H2,1H3,(H,21,23). The molecule has 1 aromatic heterocycles. The molecule has 0 bridgehead atoms. The molecule has 2 heterocycles. The van der Waals surface area contributed by atoms with Gasteiger partial charge in [-0.1, -0.05) is 15.9 Å². The van der Waals surface area contributed by atoms with Crippen LogP contribution >= 0.6 is 15.9 Å². The average Bonchev–Trinajstić information content (AvgIpc) is 2.59. The lowest BCUT2D eigenvalue weighted by Gasteiger charge is -2.26. The molecule has 1 fully saturated rings. The van der Waals surface area contributed by atoms with Crippen LogP contribution in [0.1, 0.15) is 35.2 Å². The van der Waals surface area contributed by atoms with E-state index in [2.05, 4.69) is 36.1 Å². The summed E-state index contributed by atoms with van der Waals surface area (Å²) in [5.74, 6) is 0.512. The Morgan fingerprint density at radius 3 is 2.52 bits per heavy atom.